The number of hydrogen-bond donors (Lipinski definition) is 0. The molecule has 0 aliphatic carbocycles. The molecule has 0 aromatic heterocycles. The molecule has 0 aromatic carbocycles. The Hall–Kier alpha value is -0.660. The maximum Gasteiger partial charge on any atom is 0.144 e. The molecule has 0 saturated heterocycles. The third-order valence-corrected chi connectivity index (χ3v) is 1.73. The van der Waals surface area contributed by atoms with Gasteiger partial charge in [-0.3, -0.25) is 9.98 Å². The predicted molar refractivity (Wildman–Crippen MR) is 49.5 cm³/mol. The molecule has 1 aliphatic rings. The zero-order valence-electron chi connectivity index (χ0n) is 7.59. The lowest BCUT2D eigenvalue weighted by atomic mass is 10.2. The average Bonchev–Trinajstić information content (AvgIpc) is 2.26. The molecule has 0 radical (unpaired) electrons. The summed E-state index contributed by atoms with van der Waals surface area (Å²) in [6.45, 7) is 6.25. The number of nitrogens with zero attached hydrogens (tertiary/aromatic N) is 2. The molecule has 0 atom stereocenters. The van der Waals surface area contributed by atoms with Crippen molar-refractivity contribution < 1.29 is 0 Å². The van der Waals surface area contributed by atoms with Crippen LogP contribution in [0, 0.1) is 0 Å². The first kappa shape index (κ1) is 8.44. The van der Waals surface area contributed by atoms with Gasteiger partial charge in [-0.15, -0.1) is 0 Å². The number of rotatable bonds is 3. The van der Waals surface area contributed by atoms with E-state index < -0.39 is 0 Å². The van der Waals surface area contributed by atoms with Gasteiger partial charge in [-0.25, -0.2) is 0 Å². The summed E-state index contributed by atoms with van der Waals surface area (Å²) < 4.78 is 0. The van der Waals surface area contributed by atoms with E-state index in [2.05, 4.69) is 16.9 Å². The van der Waals surface area contributed by atoms with Crippen LogP contribution in [0.2, 0.25) is 0 Å². The highest BCUT2D eigenvalue weighted by Crippen LogP contribution is 2.16. The lowest BCUT2D eigenvalue weighted by molar-refractivity contribution is 0.566. The molecule has 0 N–H and O–H groups in total. The van der Waals surface area contributed by atoms with Crippen molar-refractivity contribution in [2.45, 2.75) is 45.7 Å². The molecule has 0 fully saturated rings. The molecule has 0 amide bonds. The zero-order valence-corrected chi connectivity index (χ0v) is 7.59. The summed E-state index contributed by atoms with van der Waals surface area (Å²) in [4.78, 5) is 8.73. The van der Waals surface area contributed by atoms with E-state index in [1.165, 1.54) is 12.8 Å². The summed E-state index contributed by atoms with van der Waals surface area (Å²) >= 11 is 0. The van der Waals surface area contributed by atoms with E-state index in [0.717, 1.165) is 12.1 Å². The van der Waals surface area contributed by atoms with Gasteiger partial charge < -0.3 is 0 Å². The molecule has 1 heterocycles. The summed E-state index contributed by atoms with van der Waals surface area (Å²) in [6.07, 6.45) is 5.45. The monoisotopic (exact) mass is 152 g/mol. The number of aliphatic imine (C=N–C) groups is 2. The Labute approximate surface area is 68.4 Å². The van der Waals surface area contributed by atoms with Crippen LogP contribution in [-0.4, -0.2) is 17.6 Å². The van der Waals surface area contributed by atoms with Crippen molar-refractivity contribution in [2.75, 3.05) is 0 Å². The van der Waals surface area contributed by atoms with Crippen molar-refractivity contribution in [1.82, 2.24) is 0 Å². The Balaban J connectivity index is 2.44. The second kappa shape index (κ2) is 3.16. The fraction of sp³-hybridized carbons (Fsp3) is 0.778. The van der Waals surface area contributed by atoms with Crippen LogP contribution >= 0.6 is 0 Å². The molecule has 62 valence electrons. The van der Waals surface area contributed by atoms with Gasteiger partial charge in [0.25, 0.3) is 0 Å². The highest BCUT2D eigenvalue weighted by Gasteiger charge is 2.18. The minimum Gasteiger partial charge on any atom is -0.262 e. The molecule has 0 saturated carbocycles. The van der Waals surface area contributed by atoms with Gasteiger partial charge in [0.1, 0.15) is 5.66 Å². The smallest absolute Gasteiger partial charge is 0.144 e. The van der Waals surface area contributed by atoms with Crippen LogP contribution in [-0.2, 0) is 0 Å². The molecular formula is C9H16N2. The van der Waals surface area contributed by atoms with Crippen LogP contribution in [0.25, 0.3) is 0 Å². The highest BCUT2D eigenvalue weighted by atomic mass is 15.1. The first-order valence-corrected chi connectivity index (χ1v) is 4.28. The van der Waals surface area contributed by atoms with Crippen molar-refractivity contribution >= 4 is 11.9 Å². The Kier molecular flexibility index (Phi) is 2.42. The van der Waals surface area contributed by atoms with Crippen LogP contribution in [0.5, 0.6) is 0 Å². The first-order chi connectivity index (χ1) is 5.14. The molecule has 0 unspecified atom stereocenters. The fourth-order valence-corrected chi connectivity index (χ4v) is 1.12. The highest BCUT2D eigenvalue weighted by molar-refractivity contribution is 6.31. The molecule has 2 nitrogen and oxygen atoms in total. The summed E-state index contributed by atoms with van der Waals surface area (Å²) in [7, 11) is 0. The SMILES string of the molecule is CCCCC1=NC(C)(C)N=C1. The van der Waals surface area contributed by atoms with Gasteiger partial charge in [0, 0.05) is 6.21 Å². The van der Waals surface area contributed by atoms with Crippen LogP contribution < -0.4 is 0 Å². The van der Waals surface area contributed by atoms with Crippen LogP contribution in [0.15, 0.2) is 9.98 Å². The summed E-state index contributed by atoms with van der Waals surface area (Å²) in [5.74, 6) is 0. The Morgan fingerprint density at radius 1 is 1.45 bits per heavy atom. The normalized spacial score (nSPS) is 20.5. The lowest BCUT2D eigenvalue weighted by Gasteiger charge is -2.07. The second-order valence-electron chi connectivity index (χ2n) is 3.46. The van der Waals surface area contributed by atoms with E-state index in [4.69, 9.17) is 0 Å². The van der Waals surface area contributed by atoms with Crippen LogP contribution in [0.3, 0.4) is 0 Å². The fourth-order valence-electron chi connectivity index (χ4n) is 1.12. The van der Waals surface area contributed by atoms with Gasteiger partial charge in [0.2, 0.25) is 0 Å². The lowest BCUT2D eigenvalue weighted by Crippen LogP contribution is -2.08. The van der Waals surface area contributed by atoms with Gasteiger partial charge in [0.15, 0.2) is 0 Å². The summed E-state index contributed by atoms with van der Waals surface area (Å²) in [6, 6.07) is 0. The van der Waals surface area contributed by atoms with Gasteiger partial charge in [-0.2, -0.15) is 0 Å². The summed E-state index contributed by atoms with van der Waals surface area (Å²) in [5.41, 5.74) is 0.986. The third kappa shape index (κ3) is 2.45. The van der Waals surface area contributed by atoms with Crippen LogP contribution in [0.4, 0.5) is 0 Å². The molecule has 11 heavy (non-hydrogen) atoms. The van der Waals surface area contributed by atoms with E-state index in [0.29, 0.717) is 0 Å². The van der Waals surface area contributed by atoms with E-state index in [9.17, 15) is 0 Å². The second-order valence-corrected chi connectivity index (χ2v) is 3.46. The average molecular weight is 152 g/mol. The van der Waals surface area contributed by atoms with E-state index >= 15 is 0 Å². The molecule has 1 aliphatic heterocycles. The zero-order chi connectivity index (χ0) is 8.32. The van der Waals surface area contributed by atoms with Crippen molar-refractivity contribution in [3.8, 4) is 0 Å². The van der Waals surface area contributed by atoms with E-state index in [-0.39, 0.29) is 5.66 Å². The van der Waals surface area contributed by atoms with Gasteiger partial charge >= 0.3 is 0 Å². The maximum absolute atomic E-state index is 4.45. The minimum atomic E-state index is -0.178. The van der Waals surface area contributed by atoms with Crippen molar-refractivity contribution in [3.05, 3.63) is 0 Å². The summed E-state index contributed by atoms with van der Waals surface area (Å²) in [5, 5.41) is 0. The van der Waals surface area contributed by atoms with Gasteiger partial charge in [0.05, 0.1) is 5.71 Å². The molecular weight excluding hydrogens is 136 g/mol. The van der Waals surface area contributed by atoms with Crippen molar-refractivity contribution in [1.29, 1.82) is 0 Å². The predicted octanol–water partition coefficient (Wildman–Crippen LogP) is 2.44. The molecule has 0 spiro atoms. The molecule has 0 bridgehead atoms. The Bertz CT molecular complexity index is 190. The van der Waals surface area contributed by atoms with Crippen molar-refractivity contribution in [2.24, 2.45) is 9.98 Å². The number of hydrogen-bond acceptors (Lipinski definition) is 2. The van der Waals surface area contributed by atoms with E-state index in [1.54, 1.807) is 0 Å². The Morgan fingerprint density at radius 2 is 2.18 bits per heavy atom. The molecule has 2 heteroatoms. The topological polar surface area (TPSA) is 24.7 Å². The number of unbranched alkanes of at least 4 members (excludes halogenated alkanes) is 1. The Morgan fingerprint density at radius 3 is 2.64 bits per heavy atom. The molecule has 0 aromatic rings. The maximum atomic E-state index is 4.45. The minimum absolute atomic E-state index is 0.178. The standard InChI is InChI=1S/C9H16N2/c1-4-5-6-8-7-10-9(2,3)11-8/h7H,4-6H2,1-3H3. The first-order valence-electron chi connectivity index (χ1n) is 4.28. The molecule has 1 rings (SSSR count). The quantitative estimate of drug-likeness (QED) is 0.593. The third-order valence-electron chi connectivity index (χ3n) is 1.73. The van der Waals surface area contributed by atoms with Gasteiger partial charge in [-0.1, -0.05) is 13.3 Å². The van der Waals surface area contributed by atoms with Gasteiger partial charge in [-0.05, 0) is 26.7 Å². The van der Waals surface area contributed by atoms with Crippen molar-refractivity contribution in [3.63, 3.8) is 0 Å². The van der Waals surface area contributed by atoms with Crippen LogP contribution in [0.1, 0.15) is 40.0 Å². The van der Waals surface area contributed by atoms with E-state index in [1.807, 2.05) is 20.1 Å². The largest absolute Gasteiger partial charge is 0.262 e.